The maximum absolute atomic E-state index is 9.32. The first kappa shape index (κ1) is 13.1. The molecule has 2 aliphatic rings. The molecule has 19 heavy (non-hydrogen) atoms. The monoisotopic (exact) mass is 264 g/mol. The Hall–Kier alpha value is -0.900. The van der Waals surface area contributed by atoms with Gasteiger partial charge in [-0.3, -0.25) is 0 Å². The van der Waals surface area contributed by atoms with Crippen molar-refractivity contribution >= 4 is 0 Å². The molecule has 1 heterocycles. The Kier molecular flexibility index (Phi) is 3.87. The van der Waals surface area contributed by atoms with Crippen molar-refractivity contribution in [1.29, 1.82) is 0 Å². The third kappa shape index (κ3) is 2.83. The van der Waals surface area contributed by atoms with Crippen LogP contribution in [0.2, 0.25) is 0 Å². The molecule has 0 atom stereocenters. The summed E-state index contributed by atoms with van der Waals surface area (Å²) >= 11 is 0. The van der Waals surface area contributed by atoms with Crippen molar-refractivity contribution in [3.05, 3.63) is 11.7 Å². The summed E-state index contributed by atoms with van der Waals surface area (Å²) in [5.41, 5.74) is 0. The number of aromatic nitrogens is 2. The fourth-order valence-corrected chi connectivity index (χ4v) is 3.49. The lowest BCUT2D eigenvalue weighted by Gasteiger charge is -2.28. The molecule has 2 saturated carbocycles. The average molecular weight is 264 g/mol. The third-order valence-electron chi connectivity index (χ3n) is 4.83. The predicted octanol–water partition coefficient (Wildman–Crippen LogP) is 3.38. The topological polar surface area (TPSA) is 59.2 Å². The van der Waals surface area contributed by atoms with E-state index in [1.807, 2.05) is 0 Å². The lowest BCUT2D eigenvalue weighted by Crippen LogP contribution is -2.26. The minimum Gasteiger partial charge on any atom is -0.393 e. The molecule has 4 heteroatoms. The van der Waals surface area contributed by atoms with Gasteiger partial charge in [0.15, 0.2) is 5.82 Å². The van der Waals surface area contributed by atoms with E-state index in [-0.39, 0.29) is 6.10 Å². The van der Waals surface area contributed by atoms with Crippen LogP contribution in [0.1, 0.15) is 81.8 Å². The van der Waals surface area contributed by atoms with Gasteiger partial charge in [0, 0.05) is 11.8 Å². The first-order valence-corrected chi connectivity index (χ1v) is 7.77. The summed E-state index contributed by atoms with van der Waals surface area (Å²) < 4.78 is 5.37. The Bertz CT molecular complexity index is 404. The number of hydrogen-bond acceptors (Lipinski definition) is 4. The molecular weight excluding hydrogens is 240 g/mol. The molecule has 3 rings (SSSR count). The van der Waals surface area contributed by atoms with Gasteiger partial charge in [0.05, 0.1) is 6.10 Å². The van der Waals surface area contributed by atoms with Crippen LogP contribution in [0.4, 0.5) is 0 Å². The van der Waals surface area contributed by atoms with Crippen molar-refractivity contribution in [1.82, 2.24) is 10.1 Å². The first-order valence-electron chi connectivity index (χ1n) is 7.77. The van der Waals surface area contributed by atoms with Crippen LogP contribution >= 0.6 is 0 Å². The first-order chi connectivity index (χ1) is 9.26. The standard InChI is InChI=1S/C15H24N2O2/c1-2-3-10-4-6-11(7-5-10)14-16-15(19-17-14)12-8-13(18)9-12/h10-13,18H,2-9H2,1H3. The molecule has 0 bridgehead atoms. The van der Waals surface area contributed by atoms with E-state index in [9.17, 15) is 5.11 Å². The summed E-state index contributed by atoms with van der Waals surface area (Å²) in [4.78, 5) is 4.57. The molecule has 0 aliphatic heterocycles. The molecule has 0 saturated heterocycles. The fourth-order valence-electron chi connectivity index (χ4n) is 3.49. The maximum Gasteiger partial charge on any atom is 0.229 e. The highest BCUT2D eigenvalue weighted by molar-refractivity contribution is 5.04. The van der Waals surface area contributed by atoms with Crippen molar-refractivity contribution in [2.24, 2.45) is 5.92 Å². The van der Waals surface area contributed by atoms with Gasteiger partial charge in [0.25, 0.3) is 0 Å². The SMILES string of the molecule is CCCC1CCC(c2noc(C3CC(O)C3)n2)CC1. The van der Waals surface area contributed by atoms with Crippen molar-refractivity contribution < 1.29 is 9.63 Å². The second kappa shape index (κ2) is 5.61. The normalized spacial score (nSPS) is 35.1. The Morgan fingerprint density at radius 1 is 1.16 bits per heavy atom. The van der Waals surface area contributed by atoms with Gasteiger partial charge < -0.3 is 9.63 Å². The summed E-state index contributed by atoms with van der Waals surface area (Å²) in [6.07, 6.45) is 9.10. The Balaban J connectivity index is 1.55. The minimum absolute atomic E-state index is 0.162. The summed E-state index contributed by atoms with van der Waals surface area (Å²) in [6.45, 7) is 2.27. The molecule has 1 aromatic heterocycles. The molecule has 0 spiro atoms. The molecule has 4 nitrogen and oxygen atoms in total. The number of aliphatic hydroxyl groups is 1. The lowest BCUT2D eigenvalue weighted by atomic mass is 9.79. The van der Waals surface area contributed by atoms with Gasteiger partial charge in [0.2, 0.25) is 5.89 Å². The van der Waals surface area contributed by atoms with Gasteiger partial charge in [-0.25, -0.2) is 0 Å². The Morgan fingerprint density at radius 3 is 2.53 bits per heavy atom. The second-order valence-electron chi connectivity index (χ2n) is 6.32. The molecule has 2 fully saturated rings. The molecular formula is C15H24N2O2. The largest absolute Gasteiger partial charge is 0.393 e. The molecule has 0 unspecified atom stereocenters. The van der Waals surface area contributed by atoms with Gasteiger partial charge in [-0.2, -0.15) is 4.98 Å². The van der Waals surface area contributed by atoms with Crippen LogP contribution in [-0.2, 0) is 0 Å². The summed E-state index contributed by atoms with van der Waals surface area (Å²) in [7, 11) is 0. The highest BCUT2D eigenvalue weighted by Gasteiger charge is 2.34. The van der Waals surface area contributed by atoms with E-state index < -0.39 is 0 Å². The van der Waals surface area contributed by atoms with Crippen LogP contribution in [0.25, 0.3) is 0 Å². The minimum atomic E-state index is -0.162. The van der Waals surface area contributed by atoms with E-state index in [1.54, 1.807) is 0 Å². The molecule has 0 aromatic carbocycles. The van der Waals surface area contributed by atoms with Crippen LogP contribution in [0.5, 0.6) is 0 Å². The van der Waals surface area contributed by atoms with E-state index in [2.05, 4.69) is 17.1 Å². The lowest BCUT2D eigenvalue weighted by molar-refractivity contribution is 0.0625. The number of nitrogens with zero attached hydrogens (tertiary/aromatic N) is 2. The Labute approximate surface area is 114 Å². The van der Waals surface area contributed by atoms with Gasteiger partial charge in [-0.1, -0.05) is 24.9 Å². The fraction of sp³-hybridized carbons (Fsp3) is 0.867. The predicted molar refractivity (Wildman–Crippen MR) is 71.9 cm³/mol. The molecule has 106 valence electrons. The molecule has 0 amide bonds. The van der Waals surface area contributed by atoms with Gasteiger partial charge in [-0.05, 0) is 44.4 Å². The zero-order valence-corrected chi connectivity index (χ0v) is 11.7. The van der Waals surface area contributed by atoms with Crippen LogP contribution in [-0.4, -0.2) is 21.4 Å². The van der Waals surface area contributed by atoms with Crippen molar-refractivity contribution in [2.45, 2.75) is 76.2 Å². The molecule has 1 N–H and O–H groups in total. The maximum atomic E-state index is 9.32. The summed E-state index contributed by atoms with van der Waals surface area (Å²) in [5.74, 6) is 3.36. The number of rotatable bonds is 4. The molecule has 1 aromatic rings. The number of aliphatic hydroxyl groups excluding tert-OH is 1. The van der Waals surface area contributed by atoms with E-state index in [0.717, 1.165) is 30.5 Å². The zero-order chi connectivity index (χ0) is 13.2. The van der Waals surface area contributed by atoms with Crippen LogP contribution < -0.4 is 0 Å². The highest BCUT2D eigenvalue weighted by Crippen LogP contribution is 2.39. The quantitative estimate of drug-likeness (QED) is 0.905. The van der Waals surface area contributed by atoms with Crippen LogP contribution in [0, 0.1) is 5.92 Å². The van der Waals surface area contributed by atoms with Crippen molar-refractivity contribution in [3.63, 3.8) is 0 Å². The number of hydrogen-bond donors (Lipinski definition) is 1. The van der Waals surface area contributed by atoms with E-state index in [1.165, 1.54) is 38.5 Å². The third-order valence-corrected chi connectivity index (χ3v) is 4.83. The second-order valence-corrected chi connectivity index (χ2v) is 6.32. The molecule has 0 radical (unpaired) electrons. The van der Waals surface area contributed by atoms with Crippen LogP contribution in [0.3, 0.4) is 0 Å². The van der Waals surface area contributed by atoms with Crippen molar-refractivity contribution in [3.8, 4) is 0 Å². The highest BCUT2D eigenvalue weighted by atomic mass is 16.5. The summed E-state index contributed by atoms with van der Waals surface area (Å²) in [6, 6.07) is 0. The van der Waals surface area contributed by atoms with E-state index >= 15 is 0 Å². The summed E-state index contributed by atoms with van der Waals surface area (Å²) in [5, 5.41) is 13.5. The molecule has 2 aliphatic carbocycles. The smallest absolute Gasteiger partial charge is 0.229 e. The zero-order valence-electron chi connectivity index (χ0n) is 11.7. The van der Waals surface area contributed by atoms with E-state index in [4.69, 9.17) is 4.52 Å². The van der Waals surface area contributed by atoms with E-state index in [0.29, 0.717) is 11.8 Å². The average Bonchev–Trinajstić information content (AvgIpc) is 2.85. The Morgan fingerprint density at radius 2 is 1.89 bits per heavy atom. The van der Waals surface area contributed by atoms with Crippen LogP contribution in [0.15, 0.2) is 4.52 Å². The van der Waals surface area contributed by atoms with Crippen molar-refractivity contribution in [2.75, 3.05) is 0 Å². The van der Waals surface area contributed by atoms with Gasteiger partial charge in [0.1, 0.15) is 0 Å². The van der Waals surface area contributed by atoms with Gasteiger partial charge >= 0.3 is 0 Å². The van der Waals surface area contributed by atoms with Gasteiger partial charge in [-0.15, -0.1) is 0 Å².